The van der Waals surface area contributed by atoms with Crippen LogP contribution in [-0.4, -0.2) is 39.0 Å². The second kappa shape index (κ2) is 9.13. The Morgan fingerprint density at radius 1 is 1.15 bits per heavy atom. The van der Waals surface area contributed by atoms with Crippen LogP contribution in [0.3, 0.4) is 0 Å². The van der Waals surface area contributed by atoms with Crippen molar-refractivity contribution < 1.29 is 19.5 Å². The Kier molecular flexibility index (Phi) is 6.26. The molecule has 0 atom stereocenters. The Morgan fingerprint density at radius 2 is 1.88 bits per heavy atom. The number of hydroxylamine groups is 2. The Hall–Kier alpha value is -3.56. The van der Waals surface area contributed by atoms with Gasteiger partial charge in [-0.3, -0.25) is 9.36 Å². The van der Waals surface area contributed by atoms with E-state index >= 15 is 0 Å². The average molecular weight is 486 g/mol. The minimum absolute atomic E-state index is 0.209. The van der Waals surface area contributed by atoms with Gasteiger partial charge in [-0.25, -0.2) is 9.78 Å². The number of aromatic nitrogens is 2. The van der Waals surface area contributed by atoms with Crippen molar-refractivity contribution >= 4 is 39.2 Å². The fourth-order valence-corrected chi connectivity index (χ4v) is 4.38. The Bertz CT molecular complexity index is 1380. The molecule has 0 spiro atoms. The maximum Gasteiger partial charge on any atom is 0.440 e. The van der Waals surface area contributed by atoms with Gasteiger partial charge in [0, 0.05) is 16.0 Å². The number of benzene rings is 2. The van der Waals surface area contributed by atoms with Crippen molar-refractivity contribution in [3.05, 3.63) is 70.2 Å². The van der Waals surface area contributed by atoms with Crippen molar-refractivity contribution in [3.8, 4) is 27.6 Å². The number of methoxy groups -OCH3 is 1. The van der Waals surface area contributed by atoms with Crippen LogP contribution >= 0.6 is 22.9 Å². The molecule has 0 saturated carbocycles. The predicted octanol–water partition coefficient (Wildman–Crippen LogP) is 5.46. The first-order valence-corrected chi connectivity index (χ1v) is 11.1. The maximum absolute atomic E-state index is 13.2. The summed E-state index contributed by atoms with van der Waals surface area (Å²) >= 11 is 7.33. The predicted molar refractivity (Wildman–Crippen MR) is 128 cm³/mol. The standard InChI is InChI=1S/C23H20ClN3O5S/c1-13(2)27(23(29)30)32-18-9-8-16(10-19(18)31-3)26-12-25-17-11-20(33-21(17)22(26)28)14-4-6-15(24)7-5-14/h4-13H,1-3H3,(H,29,30). The lowest BCUT2D eigenvalue weighted by Gasteiger charge is -2.23. The van der Waals surface area contributed by atoms with E-state index in [1.54, 1.807) is 44.2 Å². The first-order valence-electron chi connectivity index (χ1n) is 9.94. The lowest BCUT2D eigenvalue weighted by atomic mass is 10.2. The van der Waals surface area contributed by atoms with E-state index in [4.69, 9.17) is 21.2 Å². The normalized spacial score (nSPS) is 11.1. The molecule has 33 heavy (non-hydrogen) atoms. The summed E-state index contributed by atoms with van der Waals surface area (Å²) in [5.74, 6) is 0.486. The zero-order chi connectivity index (χ0) is 23.7. The lowest BCUT2D eigenvalue weighted by Crippen LogP contribution is -2.38. The monoisotopic (exact) mass is 485 g/mol. The largest absolute Gasteiger partial charge is 0.493 e. The van der Waals surface area contributed by atoms with E-state index in [0.29, 0.717) is 20.9 Å². The van der Waals surface area contributed by atoms with Gasteiger partial charge in [0.1, 0.15) is 11.0 Å². The minimum Gasteiger partial charge on any atom is -0.493 e. The van der Waals surface area contributed by atoms with Crippen LogP contribution in [0.25, 0.3) is 26.3 Å². The van der Waals surface area contributed by atoms with E-state index in [1.165, 1.54) is 29.3 Å². The topological polar surface area (TPSA) is 93.9 Å². The highest BCUT2D eigenvalue weighted by Gasteiger charge is 2.21. The van der Waals surface area contributed by atoms with Gasteiger partial charge in [-0.05, 0) is 49.7 Å². The first kappa shape index (κ1) is 22.6. The summed E-state index contributed by atoms with van der Waals surface area (Å²) in [7, 11) is 1.44. The highest BCUT2D eigenvalue weighted by atomic mass is 35.5. The van der Waals surface area contributed by atoms with Crippen molar-refractivity contribution in [3.63, 3.8) is 0 Å². The van der Waals surface area contributed by atoms with Crippen LogP contribution in [0.2, 0.25) is 5.02 Å². The van der Waals surface area contributed by atoms with Gasteiger partial charge in [0.25, 0.3) is 5.56 Å². The Labute approximate surface area is 198 Å². The van der Waals surface area contributed by atoms with Gasteiger partial charge >= 0.3 is 6.09 Å². The first-order chi connectivity index (χ1) is 15.8. The molecule has 0 unspecified atom stereocenters. The third-order valence-electron chi connectivity index (χ3n) is 4.85. The average Bonchev–Trinajstić information content (AvgIpc) is 3.23. The molecule has 2 aromatic heterocycles. The van der Waals surface area contributed by atoms with E-state index in [1.807, 2.05) is 18.2 Å². The Morgan fingerprint density at radius 3 is 2.52 bits per heavy atom. The Balaban J connectivity index is 1.72. The molecular weight excluding hydrogens is 466 g/mol. The van der Waals surface area contributed by atoms with Gasteiger partial charge in [0.2, 0.25) is 0 Å². The van der Waals surface area contributed by atoms with Crippen molar-refractivity contribution in [1.29, 1.82) is 0 Å². The van der Waals surface area contributed by atoms with Crippen LogP contribution < -0.4 is 15.1 Å². The summed E-state index contributed by atoms with van der Waals surface area (Å²) in [5.41, 5.74) is 1.83. The van der Waals surface area contributed by atoms with Crippen LogP contribution in [0.4, 0.5) is 4.79 Å². The van der Waals surface area contributed by atoms with Gasteiger partial charge in [0.15, 0.2) is 11.5 Å². The van der Waals surface area contributed by atoms with Crippen LogP contribution in [0.5, 0.6) is 11.5 Å². The number of fused-ring (bicyclic) bond motifs is 1. The quantitative estimate of drug-likeness (QED) is 0.364. The van der Waals surface area contributed by atoms with Crippen molar-refractivity contribution in [2.75, 3.05) is 7.11 Å². The molecule has 0 radical (unpaired) electrons. The van der Waals surface area contributed by atoms with Gasteiger partial charge in [-0.1, -0.05) is 23.7 Å². The molecule has 10 heteroatoms. The summed E-state index contributed by atoms with van der Waals surface area (Å²) in [5, 5.41) is 10.8. The molecule has 2 aromatic carbocycles. The molecule has 4 aromatic rings. The number of halogens is 1. The molecule has 0 bridgehead atoms. The number of amides is 1. The fourth-order valence-electron chi connectivity index (χ4n) is 3.21. The number of thiophene rings is 1. The van der Waals surface area contributed by atoms with Crippen LogP contribution in [0.1, 0.15) is 13.8 Å². The summed E-state index contributed by atoms with van der Waals surface area (Å²) in [6.45, 7) is 3.38. The van der Waals surface area contributed by atoms with Crippen molar-refractivity contribution in [1.82, 2.24) is 14.6 Å². The van der Waals surface area contributed by atoms with Gasteiger partial charge in [-0.15, -0.1) is 16.4 Å². The fraction of sp³-hybridized carbons (Fsp3) is 0.174. The van der Waals surface area contributed by atoms with E-state index < -0.39 is 12.1 Å². The molecule has 0 aliphatic rings. The third-order valence-corrected chi connectivity index (χ3v) is 6.26. The maximum atomic E-state index is 13.2. The van der Waals surface area contributed by atoms with E-state index in [2.05, 4.69) is 4.98 Å². The molecule has 4 rings (SSSR count). The molecule has 0 aliphatic heterocycles. The highest BCUT2D eigenvalue weighted by molar-refractivity contribution is 7.22. The molecule has 2 heterocycles. The summed E-state index contributed by atoms with van der Waals surface area (Å²) in [6, 6.07) is 13.6. The molecule has 1 N–H and O–H groups in total. The summed E-state index contributed by atoms with van der Waals surface area (Å²) in [6.07, 6.45) is 0.229. The van der Waals surface area contributed by atoms with Crippen LogP contribution in [-0.2, 0) is 0 Å². The highest BCUT2D eigenvalue weighted by Crippen LogP contribution is 2.33. The molecule has 0 fully saturated rings. The number of hydrogen-bond acceptors (Lipinski definition) is 6. The van der Waals surface area contributed by atoms with E-state index in [9.17, 15) is 14.7 Å². The number of nitrogens with zero attached hydrogens (tertiary/aromatic N) is 3. The number of carbonyl (C=O) groups is 1. The molecular formula is C23H20ClN3O5S. The smallest absolute Gasteiger partial charge is 0.440 e. The number of rotatable bonds is 6. The molecule has 8 nitrogen and oxygen atoms in total. The van der Waals surface area contributed by atoms with E-state index in [-0.39, 0.29) is 17.1 Å². The van der Waals surface area contributed by atoms with Crippen molar-refractivity contribution in [2.45, 2.75) is 19.9 Å². The van der Waals surface area contributed by atoms with E-state index in [0.717, 1.165) is 15.5 Å². The lowest BCUT2D eigenvalue weighted by molar-refractivity contribution is -0.0602. The summed E-state index contributed by atoms with van der Waals surface area (Å²) in [4.78, 5) is 35.5. The second-order valence-electron chi connectivity index (χ2n) is 7.38. The van der Waals surface area contributed by atoms with Gasteiger partial charge in [0.05, 0.1) is 24.4 Å². The van der Waals surface area contributed by atoms with Gasteiger partial charge in [-0.2, -0.15) is 0 Å². The number of carboxylic acid groups (broad SMARTS) is 1. The van der Waals surface area contributed by atoms with Crippen molar-refractivity contribution in [2.24, 2.45) is 0 Å². The zero-order valence-electron chi connectivity index (χ0n) is 18.0. The minimum atomic E-state index is -1.23. The molecule has 0 saturated heterocycles. The third kappa shape index (κ3) is 4.50. The number of ether oxygens (including phenoxy) is 1. The van der Waals surface area contributed by atoms with Crippen LogP contribution in [0, 0.1) is 0 Å². The summed E-state index contributed by atoms with van der Waals surface area (Å²) < 4.78 is 7.30. The molecule has 1 amide bonds. The molecule has 170 valence electrons. The van der Waals surface area contributed by atoms with Crippen LogP contribution in [0.15, 0.2) is 59.7 Å². The van der Waals surface area contributed by atoms with Gasteiger partial charge < -0.3 is 14.7 Å². The molecule has 0 aliphatic carbocycles. The second-order valence-corrected chi connectivity index (χ2v) is 8.87. The SMILES string of the molecule is COc1cc(-n2cnc3cc(-c4ccc(Cl)cc4)sc3c2=O)ccc1ON(C(=O)O)C(C)C. The number of hydrogen-bond donors (Lipinski definition) is 1. The zero-order valence-corrected chi connectivity index (χ0v) is 19.6.